The second kappa shape index (κ2) is 3.59. The van der Waals surface area contributed by atoms with Gasteiger partial charge in [-0.05, 0) is 6.92 Å². The highest BCUT2D eigenvalue weighted by Gasteiger charge is 2.34. The molecule has 3 nitrogen and oxygen atoms in total. The van der Waals surface area contributed by atoms with E-state index in [4.69, 9.17) is 11.6 Å². The minimum atomic E-state index is -4.62. The number of aromatic nitrogens is 2. The monoisotopic (exact) mass is 229 g/mol. The normalized spacial score (nSPS) is 13.5. The summed E-state index contributed by atoms with van der Waals surface area (Å²) < 4.78 is 35.5. The Hall–Kier alpha value is -0.690. The number of hydrogen-bond donors (Lipinski definition) is 0. The average Bonchev–Trinajstić information content (AvgIpc) is 2.33. The van der Waals surface area contributed by atoms with Crippen LogP contribution in [0, 0.1) is 6.92 Å². The van der Waals surface area contributed by atoms with Crippen LogP contribution in [0.5, 0.6) is 0 Å². The van der Waals surface area contributed by atoms with E-state index in [1.165, 1.54) is 0 Å². The molecule has 0 amide bonds. The van der Waals surface area contributed by atoms with E-state index >= 15 is 0 Å². The van der Waals surface area contributed by atoms with Gasteiger partial charge in [-0.25, -0.2) is 4.99 Å². The SMILES string of the molecule is Cc1nnc(N=C(Cl)C(F)(F)F)s1. The van der Waals surface area contributed by atoms with Gasteiger partial charge in [-0.1, -0.05) is 22.9 Å². The van der Waals surface area contributed by atoms with Gasteiger partial charge in [0, 0.05) is 0 Å². The zero-order valence-electron chi connectivity index (χ0n) is 6.26. The third-order valence-electron chi connectivity index (χ3n) is 0.943. The second-order valence-corrected chi connectivity index (χ2v) is 3.52. The molecule has 0 aromatic carbocycles. The van der Waals surface area contributed by atoms with E-state index in [0.717, 1.165) is 11.3 Å². The van der Waals surface area contributed by atoms with Gasteiger partial charge in [0.2, 0.25) is 10.3 Å². The van der Waals surface area contributed by atoms with Crippen molar-refractivity contribution in [3.8, 4) is 0 Å². The van der Waals surface area contributed by atoms with Crippen molar-refractivity contribution >= 4 is 33.2 Å². The lowest BCUT2D eigenvalue weighted by Crippen LogP contribution is -2.16. The van der Waals surface area contributed by atoms with Gasteiger partial charge in [-0.2, -0.15) is 13.2 Å². The Morgan fingerprint density at radius 3 is 2.46 bits per heavy atom. The van der Waals surface area contributed by atoms with Crippen LogP contribution in [0.2, 0.25) is 0 Å². The fourth-order valence-electron chi connectivity index (χ4n) is 0.479. The van der Waals surface area contributed by atoms with E-state index in [1.54, 1.807) is 6.92 Å². The fourth-order valence-corrected chi connectivity index (χ4v) is 1.17. The topological polar surface area (TPSA) is 38.1 Å². The Morgan fingerprint density at radius 1 is 1.46 bits per heavy atom. The van der Waals surface area contributed by atoms with Crippen molar-refractivity contribution in [1.29, 1.82) is 0 Å². The van der Waals surface area contributed by atoms with Gasteiger partial charge in [0.1, 0.15) is 5.01 Å². The Bertz CT molecular complexity index is 332. The summed E-state index contributed by atoms with van der Waals surface area (Å²) in [6.07, 6.45) is -4.62. The third-order valence-corrected chi connectivity index (χ3v) is 1.97. The Morgan fingerprint density at radius 2 is 2.08 bits per heavy atom. The van der Waals surface area contributed by atoms with Crippen LogP contribution in [0.15, 0.2) is 4.99 Å². The first-order valence-electron chi connectivity index (χ1n) is 3.01. The van der Waals surface area contributed by atoms with Crippen LogP contribution in [0.25, 0.3) is 0 Å². The number of hydrogen-bond acceptors (Lipinski definition) is 4. The largest absolute Gasteiger partial charge is 0.444 e. The molecule has 13 heavy (non-hydrogen) atoms. The molecule has 0 saturated carbocycles. The zero-order valence-corrected chi connectivity index (χ0v) is 7.83. The van der Waals surface area contributed by atoms with Crippen molar-refractivity contribution in [2.45, 2.75) is 13.1 Å². The molecule has 1 rings (SSSR count). The van der Waals surface area contributed by atoms with E-state index in [-0.39, 0.29) is 5.13 Å². The summed E-state index contributed by atoms with van der Waals surface area (Å²) in [5.41, 5.74) is 0. The molecular formula is C5H3ClF3N3S. The molecule has 8 heteroatoms. The number of rotatable bonds is 1. The van der Waals surface area contributed by atoms with Crippen LogP contribution in [0.4, 0.5) is 18.3 Å². The molecule has 0 bridgehead atoms. The maximum atomic E-state index is 11.8. The molecule has 1 aromatic rings. The standard InChI is InChI=1S/C5H3ClF3N3S/c1-2-11-12-4(13-2)10-3(6)5(7,8)9/h1H3. The quantitative estimate of drug-likeness (QED) is 0.695. The molecule has 0 N–H and O–H groups in total. The Labute approximate surface area is 80.3 Å². The highest BCUT2D eigenvalue weighted by atomic mass is 35.5. The molecule has 1 aromatic heterocycles. The third kappa shape index (κ3) is 2.92. The summed E-state index contributed by atoms with van der Waals surface area (Å²) in [5.74, 6) is 0. The van der Waals surface area contributed by atoms with Gasteiger partial charge in [0.15, 0.2) is 0 Å². The molecule has 0 spiro atoms. The summed E-state index contributed by atoms with van der Waals surface area (Å²) in [7, 11) is 0. The van der Waals surface area contributed by atoms with Crippen molar-refractivity contribution in [2.24, 2.45) is 4.99 Å². The van der Waals surface area contributed by atoms with Crippen LogP contribution >= 0.6 is 22.9 Å². The van der Waals surface area contributed by atoms with Gasteiger partial charge in [-0.15, -0.1) is 10.2 Å². The summed E-state index contributed by atoms with van der Waals surface area (Å²) in [5, 5.41) is 5.85. The van der Waals surface area contributed by atoms with E-state index in [2.05, 4.69) is 15.2 Å². The van der Waals surface area contributed by atoms with Gasteiger partial charge in [-0.3, -0.25) is 0 Å². The summed E-state index contributed by atoms with van der Waals surface area (Å²) in [4.78, 5) is 3.05. The van der Waals surface area contributed by atoms with Gasteiger partial charge >= 0.3 is 6.18 Å². The summed E-state index contributed by atoms with van der Waals surface area (Å²) >= 11 is 5.80. The molecule has 0 radical (unpaired) electrons. The van der Waals surface area contributed by atoms with Gasteiger partial charge < -0.3 is 0 Å². The van der Waals surface area contributed by atoms with E-state index in [1.807, 2.05) is 0 Å². The smallest absolute Gasteiger partial charge is 0.201 e. The molecule has 0 aliphatic carbocycles. The zero-order chi connectivity index (χ0) is 10.1. The van der Waals surface area contributed by atoms with E-state index in [0.29, 0.717) is 5.01 Å². The maximum absolute atomic E-state index is 11.8. The first-order valence-corrected chi connectivity index (χ1v) is 4.20. The summed E-state index contributed by atoms with van der Waals surface area (Å²) in [6.45, 7) is 1.61. The predicted octanol–water partition coefficient (Wildman–Crippen LogP) is 2.68. The van der Waals surface area contributed by atoms with Crippen LogP contribution in [0.1, 0.15) is 5.01 Å². The molecule has 1 heterocycles. The molecule has 0 atom stereocenters. The first kappa shape index (κ1) is 10.4. The minimum absolute atomic E-state index is 0.0974. The van der Waals surface area contributed by atoms with Crippen molar-refractivity contribution in [3.05, 3.63) is 5.01 Å². The Balaban J connectivity index is 2.89. The van der Waals surface area contributed by atoms with Crippen LogP contribution < -0.4 is 0 Å². The molecule has 72 valence electrons. The molecule has 0 unspecified atom stereocenters. The maximum Gasteiger partial charge on any atom is 0.444 e. The molecule has 0 fully saturated rings. The van der Waals surface area contributed by atoms with Crippen LogP contribution in [0.3, 0.4) is 0 Å². The summed E-state index contributed by atoms with van der Waals surface area (Å²) in [6, 6.07) is 0. The number of halogens is 4. The van der Waals surface area contributed by atoms with Crippen molar-refractivity contribution in [3.63, 3.8) is 0 Å². The fraction of sp³-hybridized carbons (Fsp3) is 0.400. The second-order valence-electron chi connectivity index (χ2n) is 2.00. The van der Waals surface area contributed by atoms with Crippen molar-refractivity contribution in [1.82, 2.24) is 10.2 Å². The van der Waals surface area contributed by atoms with Crippen LogP contribution in [-0.2, 0) is 0 Å². The van der Waals surface area contributed by atoms with E-state index in [9.17, 15) is 13.2 Å². The highest BCUT2D eigenvalue weighted by Crippen LogP contribution is 2.25. The van der Waals surface area contributed by atoms with Crippen LogP contribution in [-0.4, -0.2) is 21.5 Å². The number of nitrogens with zero attached hydrogens (tertiary/aromatic N) is 3. The lowest BCUT2D eigenvalue weighted by molar-refractivity contribution is -0.0558. The minimum Gasteiger partial charge on any atom is -0.201 e. The Kier molecular flexibility index (Phi) is 2.87. The lowest BCUT2D eigenvalue weighted by atomic mass is 10.7. The molecule has 0 saturated heterocycles. The van der Waals surface area contributed by atoms with Gasteiger partial charge in [0.25, 0.3) is 0 Å². The molecular weight excluding hydrogens is 227 g/mol. The van der Waals surface area contributed by atoms with Crippen molar-refractivity contribution in [2.75, 3.05) is 0 Å². The number of aryl methyl sites for hydroxylation is 1. The number of alkyl halides is 3. The lowest BCUT2D eigenvalue weighted by Gasteiger charge is -2.00. The molecule has 0 aliphatic heterocycles. The van der Waals surface area contributed by atoms with Crippen molar-refractivity contribution < 1.29 is 13.2 Å². The van der Waals surface area contributed by atoms with E-state index < -0.39 is 11.3 Å². The molecule has 0 aliphatic rings. The highest BCUT2D eigenvalue weighted by molar-refractivity contribution is 7.15. The number of aliphatic imine (C=N–C) groups is 1. The van der Waals surface area contributed by atoms with Gasteiger partial charge in [0.05, 0.1) is 0 Å². The first-order chi connectivity index (χ1) is 5.89. The predicted molar refractivity (Wildman–Crippen MR) is 43.6 cm³/mol. The average molecular weight is 230 g/mol.